The standard InChI is InChI=1S/C15H14BrN3O/c16-12-7-11(8-17-9-12)15(20)19(14-4-5-14)10-13-3-1-2-6-18-13/h1-3,6-9,14H,4-5,10H2. The number of aromatic nitrogens is 2. The van der Waals surface area contributed by atoms with Crippen LogP contribution in [0, 0.1) is 0 Å². The van der Waals surface area contributed by atoms with Gasteiger partial charge in [-0.05, 0) is 47.0 Å². The van der Waals surface area contributed by atoms with Gasteiger partial charge in [-0.2, -0.15) is 0 Å². The third kappa shape index (κ3) is 3.04. The zero-order valence-electron chi connectivity index (χ0n) is 10.9. The number of halogens is 1. The maximum atomic E-state index is 12.6. The largest absolute Gasteiger partial charge is 0.330 e. The molecule has 0 aromatic carbocycles. The van der Waals surface area contributed by atoms with Crippen LogP contribution < -0.4 is 0 Å². The summed E-state index contributed by atoms with van der Waals surface area (Å²) in [6.45, 7) is 0.552. The number of rotatable bonds is 4. The van der Waals surface area contributed by atoms with E-state index >= 15 is 0 Å². The Balaban J connectivity index is 1.82. The van der Waals surface area contributed by atoms with Crippen LogP contribution in [0.3, 0.4) is 0 Å². The molecule has 3 rings (SSSR count). The van der Waals surface area contributed by atoms with E-state index in [4.69, 9.17) is 0 Å². The van der Waals surface area contributed by atoms with Gasteiger partial charge < -0.3 is 4.90 Å². The van der Waals surface area contributed by atoms with Gasteiger partial charge in [0, 0.05) is 29.1 Å². The summed E-state index contributed by atoms with van der Waals surface area (Å²) < 4.78 is 0.817. The molecule has 1 aliphatic rings. The second-order valence-corrected chi connectivity index (χ2v) is 5.79. The van der Waals surface area contributed by atoms with E-state index in [0.717, 1.165) is 23.0 Å². The minimum absolute atomic E-state index is 0.0203. The first kappa shape index (κ1) is 13.2. The summed E-state index contributed by atoms with van der Waals surface area (Å²) in [6, 6.07) is 7.91. The Morgan fingerprint density at radius 1 is 1.35 bits per heavy atom. The van der Waals surface area contributed by atoms with Gasteiger partial charge in [0.1, 0.15) is 0 Å². The quantitative estimate of drug-likeness (QED) is 0.865. The van der Waals surface area contributed by atoms with Crippen LogP contribution in [0.1, 0.15) is 28.9 Å². The molecule has 4 nitrogen and oxygen atoms in total. The summed E-state index contributed by atoms with van der Waals surface area (Å²) in [5, 5.41) is 0. The Morgan fingerprint density at radius 3 is 2.85 bits per heavy atom. The third-order valence-corrected chi connectivity index (χ3v) is 3.69. The SMILES string of the molecule is O=C(c1cncc(Br)c1)N(Cc1ccccn1)C1CC1. The van der Waals surface area contributed by atoms with Crippen LogP contribution in [-0.2, 0) is 6.54 Å². The molecule has 0 unspecified atom stereocenters. The Morgan fingerprint density at radius 2 is 2.20 bits per heavy atom. The van der Waals surface area contributed by atoms with E-state index < -0.39 is 0 Å². The predicted molar refractivity (Wildman–Crippen MR) is 79.1 cm³/mol. The van der Waals surface area contributed by atoms with Crippen molar-refractivity contribution >= 4 is 21.8 Å². The molecule has 1 saturated carbocycles. The Kier molecular flexibility index (Phi) is 3.78. The molecule has 2 heterocycles. The summed E-state index contributed by atoms with van der Waals surface area (Å²) in [7, 11) is 0. The summed E-state index contributed by atoms with van der Waals surface area (Å²) >= 11 is 3.35. The number of hydrogen-bond acceptors (Lipinski definition) is 3. The monoisotopic (exact) mass is 331 g/mol. The zero-order valence-corrected chi connectivity index (χ0v) is 12.5. The maximum absolute atomic E-state index is 12.6. The fraction of sp³-hybridized carbons (Fsp3) is 0.267. The van der Waals surface area contributed by atoms with Crippen molar-refractivity contribution in [2.75, 3.05) is 0 Å². The lowest BCUT2D eigenvalue weighted by atomic mass is 10.2. The van der Waals surface area contributed by atoms with E-state index in [-0.39, 0.29) is 5.91 Å². The van der Waals surface area contributed by atoms with Crippen LogP contribution in [0.15, 0.2) is 47.3 Å². The van der Waals surface area contributed by atoms with Gasteiger partial charge in [-0.25, -0.2) is 0 Å². The lowest BCUT2D eigenvalue weighted by Gasteiger charge is -2.22. The molecule has 0 atom stereocenters. The summed E-state index contributed by atoms with van der Waals surface area (Å²) in [5.41, 5.74) is 1.53. The zero-order chi connectivity index (χ0) is 13.9. The van der Waals surface area contributed by atoms with Gasteiger partial charge in [0.05, 0.1) is 17.8 Å². The lowest BCUT2D eigenvalue weighted by molar-refractivity contribution is 0.0727. The van der Waals surface area contributed by atoms with Crippen LogP contribution in [-0.4, -0.2) is 26.8 Å². The number of hydrogen-bond donors (Lipinski definition) is 0. The number of pyridine rings is 2. The number of nitrogens with zero attached hydrogens (tertiary/aromatic N) is 3. The second kappa shape index (κ2) is 5.71. The molecule has 0 N–H and O–H groups in total. The molecule has 2 aromatic heterocycles. The molecule has 5 heteroatoms. The van der Waals surface area contributed by atoms with Crippen molar-refractivity contribution in [2.45, 2.75) is 25.4 Å². The first-order chi connectivity index (χ1) is 9.74. The average Bonchev–Trinajstić information content (AvgIpc) is 3.30. The molecule has 0 spiro atoms. The molecule has 1 fully saturated rings. The van der Waals surface area contributed by atoms with Crippen LogP contribution in [0.5, 0.6) is 0 Å². The van der Waals surface area contributed by atoms with Gasteiger partial charge in [0.15, 0.2) is 0 Å². The second-order valence-electron chi connectivity index (χ2n) is 4.88. The van der Waals surface area contributed by atoms with Gasteiger partial charge in [0.2, 0.25) is 0 Å². The van der Waals surface area contributed by atoms with Gasteiger partial charge in [-0.1, -0.05) is 6.07 Å². The molecule has 20 heavy (non-hydrogen) atoms. The third-order valence-electron chi connectivity index (χ3n) is 3.26. The molecule has 2 aromatic rings. The van der Waals surface area contributed by atoms with Crippen molar-refractivity contribution < 1.29 is 4.79 Å². The average molecular weight is 332 g/mol. The molecule has 1 aliphatic carbocycles. The number of carbonyl (C=O) groups is 1. The maximum Gasteiger partial charge on any atom is 0.256 e. The lowest BCUT2D eigenvalue weighted by Crippen LogP contribution is -2.33. The van der Waals surface area contributed by atoms with Crippen LogP contribution in [0.2, 0.25) is 0 Å². The van der Waals surface area contributed by atoms with Crippen LogP contribution in [0.4, 0.5) is 0 Å². The summed E-state index contributed by atoms with van der Waals surface area (Å²) in [6.07, 6.45) is 7.18. The van der Waals surface area contributed by atoms with Crippen molar-refractivity contribution in [3.63, 3.8) is 0 Å². The van der Waals surface area contributed by atoms with Gasteiger partial charge in [0.25, 0.3) is 5.91 Å². The van der Waals surface area contributed by atoms with E-state index in [1.807, 2.05) is 29.2 Å². The van der Waals surface area contributed by atoms with E-state index in [0.29, 0.717) is 18.2 Å². The highest BCUT2D eigenvalue weighted by atomic mass is 79.9. The van der Waals surface area contributed by atoms with Crippen LogP contribution in [0.25, 0.3) is 0 Å². The Bertz CT molecular complexity index is 614. The molecule has 0 aliphatic heterocycles. The van der Waals surface area contributed by atoms with Crippen molar-refractivity contribution in [3.8, 4) is 0 Å². The van der Waals surface area contributed by atoms with Gasteiger partial charge >= 0.3 is 0 Å². The fourth-order valence-corrected chi connectivity index (χ4v) is 2.48. The molecular weight excluding hydrogens is 318 g/mol. The van der Waals surface area contributed by atoms with E-state index in [2.05, 4.69) is 25.9 Å². The Labute approximate surface area is 126 Å². The molecule has 1 amide bonds. The number of amides is 1. The van der Waals surface area contributed by atoms with Gasteiger partial charge in [-0.3, -0.25) is 14.8 Å². The Hall–Kier alpha value is -1.75. The minimum Gasteiger partial charge on any atom is -0.330 e. The predicted octanol–water partition coefficient (Wildman–Crippen LogP) is 3.04. The van der Waals surface area contributed by atoms with Crippen molar-refractivity contribution in [3.05, 3.63) is 58.6 Å². The van der Waals surface area contributed by atoms with Crippen molar-refractivity contribution in [1.29, 1.82) is 0 Å². The summed E-state index contributed by atoms with van der Waals surface area (Å²) in [4.78, 5) is 22.9. The fourth-order valence-electron chi connectivity index (χ4n) is 2.11. The molecule has 0 saturated heterocycles. The van der Waals surface area contributed by atoms with Crippen LogP contribution >= 0.6 is 15.9 Å². The van der Waals surface area contributed by atoms with Crippen molar-refractivity contribution in [1.82, 2.24) is 14.9 Å². The molecular formula is C15H14BrN3O. The summed E-state index contributed by atoms with van der Waals surface area (Å²) in [5.74, 6) is 0.0203. The molecule has 0 bridgehead atoms. The molecule has 102 valence electrons. The molecule has 0 radical (unpaired) electrons. The van der Waals surface area contributed by atoms with Gasteiger partial charge in [-0.15, -0.1) is 0 Å². The number of carbonyl (C=O) groups excluding carboxylic acids is 1. The highest BCUT2D eigenvalue weighted by Gasteiger charge is 2.33. The highest BCUT2D eigenvalue weighted by Crippen LogP contribution is 2.29. The first-order valence-electron chi connectivity index (χ1n) is 6.55. The van der Waals surface area contributed by atoms with E-state index in [1.165, 1.54) is 0 Å². The van der Waals surface area contributed by atoms with Crippen molar-refractivity contribution in [2.24, 2.45) is 0 Å². The normalized spacial score (nSPS) is 14.1. The van der Waals surface area contributed by atoms with E-state index in [9.17, 15) is 4.79 Å². The first-order valence-corrected chi connectivity index (χ1v) is 7.35. The topological polar surface area (TPSA) is 46.1 Å². The highest BCUT2D eigenvalue weighted by molar-refractivity contribution is 9.10. The minimum atomic E-state index is 0.0203. The van der Waals surface area contributed by atoms with E-state index in [1.54, 1.807) is 18.6 Å². The smallest absolute Gasteiger partial charge is 0.256 e.